The summed E-state index contributed by atoms with van der Waals surface area (Å²) in [7, 11) is 1.84. The Morgan fingerprint density at radius 2 is 1.77 bits per heavy atom. The van der Waals surface area contributed by atoms with Gasteiger partial charge in [0.2, 0.25) is 5.91 Å². The molecule has 2 aliphatic rings. The summed E-state index contributed by atoms with van der Waals surface area (Å²) in [6.45, 7) is 3.54. The molecule has 30 heavy (non-hydrogen) atoms. The van der Waals surface area contributed by atoms with Gasteiger partial charge in [0.25, 0.3) is 5.91 Å². The number of likely N-dealkylation sites (tertiary alicyclic amines) is 2. The van der Waals surface area contributed by atoms with Crippen LogP contribution in [-0.4, -0.2) is 45.8 Å². The predicted molar refractivity (Wildman–Crippen MR) is 112 cm³/mol. The van der Waals surface area contributed by atoms with Crippen LogP contribution in [0.2, 0.25) is 0 Å². The van der Waals surface area contributed by atoms with E-state index >= 15 is 0 Å². The lowest BCUT2D eigenvalue weighted by atomic mass is 9.89. The number of rotatable bonds is 2. The topological polar surface area (TPSA) is 45.6 Å². The van der Waals surface area contributed by atoms with Crippen LogP contribution < -0.4 is 0 Å². The smallest absolute Gasteiger partial charge is 0.270 e. The Morgan fingerprint density at radius 3 is 2.50 bits per heavy atom. The monoisotopic (exact) mass is 405 g/mol. The van der Waals surface area contributed by atoms with E-state index in [2.05, 4.69) is 12.1 Å². The fourth-order valence-corrected chi connectivity index (χ4v) is 5.30. The Morgan fingerprint density at radius 1 is 1.00 bits per heavy atom. The largest absolute Gasteiger partial charge is 0.340 e. The molecule has 1 aromatic heterocycles. The number of aryl methyl sites for hydroxylation is 1. The zero-order valence-corrected chi connectivity index (χ0v) is 17.1. The van der Waals surface area contributed by atoms with Crippen molar-refractivity contribution >= 4 is 22.7 Å². The van der Waals surface area contributed by atoms with Crippen LogP contribution >= 0.6 is 0 Å². The number of hydrogen-bond acceptors (Lipinski definition) is 2. The molecule has 0 N–H and O–H groups in total. The second-order valence-corrected chi connectivity index (χ2v) is 8.45. The quantitative estimate of drug-likeness (QED) is 0.654. The van der Waals surface area contributed by atoms with Gasteiger partial charge in [0.1, 0.15) is 11.5 Å². The minimum Gasteiger partial charge on any atom is -0.340 e. The van der Waals surface area contributed by atoms with E-state index in [1.165, 1.54) is 12.1 Å². The summed E-state index contributed by atoms with van der Waals surface area (Å²) in [6.07, 6.45) is 0. The van der Waals surface area contributed by atoms with Crippen molar-refractivity contribution in [2.24, 2.45) is 18.9 Å². The lowest BCUT2D eigenvalue weighted by Crippen LogP contribution is -2.37. The first-order valence-corrected chi connectivity index (χ1v) is 10.3. The molecule has 3 aromatic rings. The van der Waals surface area contributed by atoms with Crippen molar-refractivity contribution in [2.45, 2.75) is 13.0 Å². The molecule has 2 amide bonds. The third kappa shape index (κ3) is 2.90. The Labute approximate surface area is 174 Å². The van der Waals surface area contributed by atoms with Gasteiger partial charge < -0.3 is 14.4 Å². The zero-order chi connectivity index (χ0) is 21.0. The maximum Gasteiger partial charge on any atom is 0.270 e. The van der Waals surface area contributed by atoms with E-state index in [1.807, 2.05) is 39.6 Å². The maximum atomic E-state index is 13.6. The van der Waals surface area contributed by atoms with Crippen molar-refractivity contribution in [1.82, 2.24) is 14.4 Å². The normalized spacial score (nSPS) is 23.2. The van der Waals surface area contributed by atoms with Gasteiger partial charge in [-0.2, -0.15) is 0 Å². The number of hydrogen-bond donors (Lipinski definition) is 0. The molecule has 154 valence electrons. The van der Waals surface area contributed by atoms with Crippen molar-refractivity contribution in [3.05, 3.63) is 71.7 Å². The molecule has 0 aliphatic carbocycles. The molecule has 2 aliphatic heterocycles. The third-order valence-corrected chi connectivity index (χ3v) is 6.72. The van der Waals surface area contributed by atoms with E-state index in [-0.39, 0.29) is 35.5 Å². The van der Waals surface area contributed by atoms with Gasteiger partial charge in [0.15, 0.2) is 0 Å². The summed E-state index contributed by atoms with van der Waals surface area (Å²) >= 11 is 0. The van der Waals surface area contributed by atoms with Gasteiger partial charge in [-0.3, -0.25) is 9.59 Å². The summed E-state index contributed by atoms with van der Waals surface area (Å²) in [6, 6.07) is 16.4. The lowest BCUT2D eigenvalue weighted by Gasteiger charge is -2.29. The van der Waals surface area contributed by atoms with Crippen LogP contribution in [0.3, 0.4) is 0 Å². The number of halogens is 1. The van der Waals surface area contributed by atoms with Gasteiger partial charge in [-0.05, 0) is 29.8 Å². The molecule has 3 heterocycles. The summed E-state index contributed by atoms with van der Waals surface area (Å²) in [5, 5.41) is 0.727. The molecule has 0 saturated carbocycles. The standard InChI is InChI=1S/C24H24FN3O2/c1-15(29)28-13-18-12-27(14-20(18)23(28)16-6-4-3-5-7-16)24(30)22-11-17-10-19(25)8-9-21(17)26(22)2/h3-11,18,20,23H,12-14H2,1-2H3/t18-,20-,23-/m1/s1. The molecular weight excluding hydrogens is 381 g/mol. The molecule has 3 atom stereocenters. The third-order valence-electron chi connectivity index (χ3n) is 6.72. The molecule has 2 fully saturated rings. The van der Waals surface area contributed by atoms with Crippen molar-refractivity contribution in [2.75, 3.05) is 19.6 Å². The number of aromatic nitrogens is 1. The Kier molecular flexibility index (Phi) is 4.38. The number of benzene rings is 2. The average Bonchev–Trinajstić information content (AvgIpc) is 3.39. The first-order valence-electron chi connectivity index (χ1n) is 10.3. The van der Waals surface area contributed by atoms with E-state index in [0.29, 0.717) is 25.3 Å². The zero-order valence-electron chi connectivity index (χ0n) is 17.1. The number of carbonyl (C=O) groups is 2. The Hall–Kier alpha value is -3.15. The molecule has 5 rings (SSSR count). The van der Waals surface area contributed by atoms with Crippen molar-refractivity contribution in [3.8, 4) is 0 Å². The molecular formula is C24H24FN3O2. The lowest BCUT2D eigenvalue weighted by molar-refractivity contribution is -0.130. The van der Waals surface area contributed by atoms with Crippen molar-refractivity contribution in [3.63, 3.8) is 0 Å². The minimum atomic E-state index is -0.308. The van der Waals surface area contributed by atoms with Gasteiger partial charge in [-0.15, -0.1) is 0 Å². The van der Waals surface area contributed by atoms with Gasteiger partial charge in [-0.1, -0.05) is 30.3 Å². The van der Waals surface area contributed by atoms with Crippen molar-refractivity contribution < 1.29 is 14.0 Å². The molecule has 0 radical (unpaired) electrons. The minimum absolute atomic E-state index is 0.00641. The number of carbonyl (C=O) groups excluding carboxylic acids is 2. The predicted octanol–water partition coefficient (Wildman–Crippen LogP) is 3.61. The fourth-order valence-electron chi connectivity index (χ4n) is 5.30. The molecule has 2 saturated heterocycles. The van der Waals surface area contributed by atoms with E-state index in [9.17, 15) is 14.0 Å². The van der Waals surface area contributed by atoms with E-state index < -0.39 is 0 Å². The first kappa shape index (κ1) is 18.9. The van der Waals surface area contributed by atoms with E-state index in [4.69, 9.17) is 0 Å². The highest BCUT2D eigenvalue weighted by molar-refractivity contribution is 5.99. The summed E-state index contributed by atoms with van der Waals surface area (Å²) in [5.41, 5.74) is 2.52. The van der Waals surface area contributed by atoms with Crippen LogP contribution in [0.15, 0.2) is 54.6 Å². The Bertz CT molecular complexity index is 1140. The van der Waals surface area contributed by atoms with Crippen molar-refractivity contribution in [1.29, 1.82) is 0 Å². The van der Waals surface area contributed by atoms with Crippen LogP contribution in [-0.2, 0) is 11.8 Å². The maximum absolute atomic E-state index is 13.6. The fraction of sp³-hybridized carbons (Fsp3) is 0.333. The Balaban J connectivity index is 1.44. The number of nitrogens with zero attached hydrogens (tertiary/aromatic N) is 3. The van der Waals surface area contributed by atoms with E-state index in [1.54, 1.807) is 19.1 Å². The van der Waals surface area contributed by atoms with Crippen LogP contribution in [0.4, 0.5) is 4.39 Å². The summed E-state index contributed by atoms with van der Waals surface area (Å²) in [5.74, 6) is 0.205. The van der Waals surface area contributed by atoms with E-state index in [0.717, 1.165) is 16.5 Å². The second kappa shape index (κ2) is 6.97. The highest BCUT2D eigenvalue weighted by atomic mass is 19.1. The van der Waals surface area contributed by atoms with Crippen LogP contribution in [0.25, 0.3) is 10.9 Å². The highest BCUT2D eigenvalue weighted by Gasteiger charge is 2.49. The number of fused-ring (bicyclic) bond motifs is 2. The molecule has 6 heteroatoms. The second-order valence-electron chi connectivity index (χ2n) is 8.45. The molecule has 2 aromatic carbocycles. The summed E-state index contributed by atoms with van der Waals surface area (Å²) in [4.78, 5) is 29.5. The molecule has 5 nitrogen and oxygen atoms in total. The highest BCUT2D eigenvalue weighted by Crippen LogP contribution is 2.45. The van der Waals surface area contributed by atoms with Crippen LogP contribution in [0, 0.1) is 17.7 Å². The number of amides is 2. The molecule has 0 spiro atoms. The van der Waals surface area contributed by atoms with Gasteiger partial charge in [0.05, 0.1) is 6.04 Å². The van der Waals surface area contributed by atoms with Gasteiger partial charge >= 0.3 is 0 Å². The summed E-state index contributed by atoms with van der Waals surface area (Å²) < 4.78 is 15.4. The first-order chi connectivity index (χ1) is 14.4. The van der Waals surface area contributed by atoms with Gasteiger partial charge in [-0.25, -0.2) is 4.39 Å². The molecule has 0 bridgehead atoms. The average molecular weight is 405 g/mol. The molecule has 0 unspecified atom stereocenters. The van der Waals surface area contributed by atoms with Gasteiger partial charge in [0, 0.05) is 56.3 Å². The van der Waals surface area contributed by atoms with Crippen LogP contribution in [0.5, 0.6) is 0 Å². The SMILES string of the molecule is CC(=O)N1C[C@H]2CN(C(=O)c3cc4cc(F)ccc4n3C)C[C@H]2[C@H]1c1ccccc1. The van der Waals surface area contributed by atoms with Crippen LogP contribution in [0.1, 0.15) is 29.0 Å².